The molecule has 2 aliphatic rings. The Kier molecular flexibility index (Phi) is 4.62. The van der Waals surface area contributed by atoms with Crippen LogP contribution in [-0.4, -0.2) is 42.8 Å². The highest BCUT2D eigenvalue weighted by molar-refractivity contribution is 6.31. The molecule has 3 rings (SSSR count). The molecule has 1 unspecified atom stereocenters. The van der Waals surface area contributed by atoms with Crippen LogP contribution in [0, 0.1) is 5.41 Å². The maximum absolute atomic E-state index is 8.31. The zero-order chi connectivity index (χ0) is 16.2. The van der Waals surface area contributed by atoms with Gasteiger partial charge in [-0.25, -0.2) is 5.01 Å². The van der Waals surface area contributed by atoms with Crippen LogP contribution in [0.15, 0.2) is 41.1 Å². The Bertz CT molecular complexity index is 629. The lowest BCUT2D eigenvalue weighted by Crippen LogP contribution is -2.29. The van der Waals surface area contributed by atoms with E-state index in [4.69, 9.17) is 15.9 Å². The fourth-order valence-corrected chi connectivity index (χ4v) is 3.04. The second-order valence-electron chi connectivity index (χ2n) is 5.81. The quantitative estimate of drug-likeness (QED) is 0.772. The van der Waals surface area contributed by atoms with Gasteiger partial charge in [0.25, 0.3) is 0 Å². The molecule has 2 aliphatic heterocycles. The van der Waals surface area contributed by atoms with Gasteiger partial charge in [0, 0.05) is 24.4 Å². The summed E-state index contributed by atoms with van der Waals surface area (Å²) in [7, 11) is 1.64. The molecule has 1 atom stereocenters. The van der Waals surface area contributed by atoms with Crippen LogP contribution < -0.4 is 15.8 Å². The Morgan fingerprint density at radius 1 is 1.43 bits per heavy atom. The number of ether oxygens (including phenoxy) is 1. The van der Waals surface area contributed by atoms with Crippen LogP contribution in [-0.2, 0) is 0 Å². The summed E-state index contributed by atoms with van der Waals surface area (Å²) in [4.78, 5) is 0. The van der Waals surface area contributed by atoms with E-state index in [-0.39, 0.29) is 0 Å². The Labute approximate surface area is 136 Å². The maximum atomic E-state index is 8.31. The predicted molar refractivity (Wildman–Crippen MR) is 91.9 cm³/mol. The van der Waals surface area contributed by atoms with E-state index >= 15 is 0 Å². The number of nitrogens with one attached hydrogen (secondary N) is 2. The smallest absolute Gasteiger partial charge is 0.152 e. The number of amidine groups is 1. The third kappa shape index (κ3) is 3.22. The summed E-state index contributed by atoms with van der Waals surface area (Å²) in [6, 6.07) is 8.20. The van der Waals surface area contributed by atoms with Gasteiger partial charge < -0.3 is 15.8 Å². The molecule has 2 heterocycles. The van der Waals surface area contributed by atoms with Crippen LogP contribution in [0.2, 0.25) is 0 Å². The van der Waals surface area contributed by atoms with E-state index in [2.05, 4.69) is 10.4 Å². The summed E-state index contributed by atoms with van der Waals surface area (Å²) >= 11 is 0. The van der Waals surface area contributed by atoms with Gasteiger partial charge in [0.1, 0.15) is 11.5 Å². The molecule has 1 aromatic carbocycles. The summed E-state index contributed by atoms with van der Waals surface area (Å²) in [6.07, 6.45) is 4.89. The monoisotopic (exact) mass is 313 g/mol. The minimum Gasteiger partial charge on any atom is -0.497 e. The first-order chi connectivity index (χ1) is 11.2. The minimum atomic E-state index is 0.372. The first-order valence-electron chi connectivity index (χ1n) is 7.98. The standard InChI is InChI=1S/C17H23N5O/c1-23-14-6-4-12(5-7-14)16-15(11-18)17(19)22(21-16)10-8-13-3-2-9-20-13/h4-7,11,13,19-20H,2-3,8-10,18H2,1H3/b15-11-,19-17?. The Morgan fingerprint density at radius 3 is 2.83 bits per heavy atom. The fraction of sp³-hybridized carbons (Fsp3) is 0.412. The molecule has 0 spiro atoms. The summed E-state index contributed by atoms with van der Waals surface area (Å²) in [5.74, 6) is 1.17. The summed E-state index contributed by atoms with van der Waals surface area (Å²) in [5, 5.41) is 18.2. The molecule has 23 heavy (non-hydrogen) atoms. The van der Waals surface area contributed by atoms with Crippen molar-refractivity contribution in [3.05, 3.63) is 41.6 Å². The number of rotatable bonds is 5. The predicted octanol–water partition coefficient (Wildman–Crippen LogP) is 1.68. The van der Waals surface area contributed by atoms with E-state index < -0.39 is 0 Å². The van der Waals surface area contributed by atoms with Crippen LogP contribution >= 0.6 is 0 Å². The van der Waals surface area contributed by atoms with Gasteiger partial charge in [0.05, 0.1) is 12.7 Å². The molecule has 1 fully saturated rings. The van der Waals surface area contributed by atoms with E-state index in [1.54, 1.807) is 12.1 Å². The van der Waals surface area contributed by atoms with Gasteiger partial charge in [-0.1, -0.05) is 0 Å². The Hall–Kier alpha value is -2.34. The van der Waals surface area contributed by atoms with Crippen LogP contribution in [0.5, 0.6) is 5.75 Å². The highest BCUT2D eigenvalue weighted by Gasteiger charge is 2.28. The van der Waals surface area contributed by atoms with Crippen molar-refractivity contribution < 1.29 is 4.74 Å². The van der Waals surface area contributed by atoms with Crippen molar-refractivity contribution in [2.75, 3.05) is 20.2 Å². The number of nitrogens with two attached hydrogens (primary N) is 1. The molecular weight excluding hydrogens is 290 g/mol. The fourth-order valence-electron chi connectivity index (χ4n) is 3.04. The summed E-state index contributed by atoms with van der Waals surface area (Å²) < 4.78 is 5.18. The Morgan fingerprint density at radius 2 is 2.22 bits per heavy atom. The molecular formula is C17H23N5O. The molecule has 0 amide bonds. The van der Waals surface area contributed by atoms with Crippen molar-refractivity contribution >= 4 is 11.5 Å². The van der Waals surface area contributed by atoms with Crippen LogP contribution in [0.1, 0.15) is 24.8 Å². The number of methoxy groups -OCH3 is 1. The molecule has 1 saturated heterocycles. The molecule has 0 saturated carbocycles. The van der Waals surface area contributed by atoms with Crippen molar-refractivity contribution in [2.24, 2.45) is 10.8 Å². The number of benzene rings is 1. The van der Waals surface area contributed by atoms with Gasteiger partial charge in [-0.2, -0.15) is 5.10 Å². The zero-order valence-electron chi connectivity index (χ0n) is 13.4. The normalized spacial score (nSPS) is 22.7. The maximum Gasteiger partial charge on any atom is 0.152 e. The van der Waals surface area contributed by atoms with Crippen molar-refractivity contribution in [1.29, 1.82) is 5.41 Å². The molecule has 0 radical (unpaired) electrons. The molecule has 0 aliphatic carbocycles. The van der Waals surface area contributed by atoms with Crippen LogP contribution in [0.3, 0.4) is 0 Å². The van der Waals surface area contributed by atoms with Gasteiger partial charge in [0.2, 0.25) is 0 Å². The molecule has 122 valence electrons. The van der Waals surface area contributed by atoms with Crippen molar-refractivity contribution in [1.82, 2.24) is 10.3 Å². The molecule has 6 heteroatoms. The minimum absolute atomic E-state index is 0.372. The van der Waals surface area contributed by atoms with Gasteiger partial charge in [0.15, 0.2) is 5.84 Å². The second kappa shape index (κ2) is 6.83. The highest BCUT2D eigenvalue weighted by Crippen LogP contribution is 2.23. The SMILES string of the molecule is COc1ccc(C2=NN(CCC3CCCN3)C(=N)/C2=C\N)cc1. The number of hydrogen-bond donors (Lipinski definition) is 3. The average molecular weight is 313 g/mol. The highest BCUT2D eigenvalue weighted by atomic mass is 16.5. The Balaban J connectivity index is 1.76. The zero-order valence-corrected chi connectivity index (χ0v) is 13.4. The summed E-state index contributed by atoms with van der Waals surface area (Å²) in [5.41, 5.74) is 8.10. The lowest BCUT2D eigenvalue weighted by Gasteiger charge is -2.16. The van der Waals surface area contributed by atoms with E-state index in [0.717, 1.165) is 36.5 Å². The van der Waals surface area contributed by atoms with Gasteiger partial charge in [-0.15, -0.1) is 0 Å². The van der Waals surface area contributed by atoms with Gasteiger partial charge >= 0.3 is 0 Å². The van der Waals surface area contributed by atoms with E-state index in [1.165, 1.54) is 19.0 Å². The van der Waals surface area contributed by atoms with Gasteiger partial charge in [-0.05, 0) is 50.1 Å². The third-order valence-electron chi connectivity index (χ3n) is 4.37. The van der Waals surface area contributed by atoms with Crippen LogP contribution in [0.4, 0.5) is 0 Å². The second-order valence-corrected chi connectivity index (χ2v) is 5.81. The lowest BCUT2D eigenvalue weighted by atomic mass is 10.0. The number of hydrazone groups is 1. The molecule has 0 aromatic heterocycles. The topological polar surface area (TPSA) is 86.7 Å². The molecule has 6 nitrogen and oxygen atoms in total. The first-order valence-corrected chi connectivity index (χ1v) is 7.98. The van der Waals surface area contributed by atoms with Crippen molar-refractivity contribution in [2.45, 2.75) is 25.3 Å². The first kappa shape index (κ1) is 15.6. The van der Waals surface area contributed by atoms with Crippen LogP contribution in [0.25, 0.3) is 0 Å². The van der Waals surface area contributed by atoms with E-state index in [0.29, 0.717) is 17.5 Å². The van der Waals surface area contributed by atoms with E-state index in [9.17, 15) is 0 Å². The van der Waals surface area contributed by atoms with Gasteiger partial charge in [-0.3, -0.25) is 5.41 Å². The van der Waals surface area contributed by atoms with E-state index in [1.807, 2.05) is 24.3 Å². The average Bonchev–Trinajstić information content (AvgIpc) is 3.21. The summed E-state index contributed by atoms with van der Waals surface area (Å²) in [6.45, 7) is 1.82. The molecule has 0 bridgehead atoms. The van der Waals surface area contributed by atoms with Crippen molar-refractivity contribution in [3.8, 4) is 5.75 Å². The lowest BCUT2D eigenvalue weighted by molar-refractivity contribution is 0.404. The third-order valence-corrected chi connectivity index (χ3v) is 4.37. The number of hydrogen-bond acceptors (Lipinski definition) is 5. The molecule has 1 aromatic rings. The molecule has 4 N–H and O–H groups in total. The largest absolute Gasteiger partial charge is 0.497 e. The number of nitrogens with zero attached hydrogens (tertiary/aromatic N) is 2. The van der Waals surface area contributed by atoms with Crippen molar-refractivity contribution in [3.63, 3.8) is 0 Å².